The molecule has 176 valence electrons. The SMILES string of the molecule is C=CC(=O)OCCCOc1cc(C(=O)Oc2ccc(OC)cc2)ccc1OCCCOC=O. The minimum Gasteiger partial charge on any atom is -0.497 e. The predicted molar refractivity (Wildman–Crippen MR) is 118 cm³/mol. The average molecular weight is 458 g/mol. The maximum absolute atomic E-state index is 12.6. The summed E-state index contributed by atoms with van der Waals surface area (Å²) in [5.41, 5.74) is 0.260. The third-order valence-electron chi connectivity index (χ3n) is 4.14. The molecule has 0 fully saturated rings. The van der Waals surface area contributed by atoms with E-state index in [2.05, 4.69) is 11.3 Å². The molecule has 9 nitrogen and oxygen atoms in total. The van der Waals surface area contributed by atoms with E-state index < -0.39 is 11.9 Å². The van der Waals surface area contributed by atoms with Crippen LogP contribution in [-0.2, 0) is 19.1 Å². The van der Waals surface area contributed by atoms with Gasteiger partial charge in [0, 0.05) is 18.9 Å². The standard InChI is InChI=1S/C24H26O9/c1-3-23(26)32-15-5-14-31-22-16-18(6-11-21(22)30-13-4-12-29-17-25)24(27)33-20-9-7-19(28-2)8-10-20/h3,6-11,16-17H,1,4-5,12-15H2,2H3. The van der Waals surface area contributed by atoms with E-state index in [-0.39, 0.29) is 32.0 Å². The highest BCUT2D eigenvalue weighted by Gasteiger charge is 2.14. The Bertz CT molecular complexity index is 922. The normalized spacial score (nSPS) is 9.97. The molecule has 0 spiro atoms. The molecule has 9 heteroatoms. The molecular formula is C24H26O9. The number of carbonyl (C=O) groups excluding carboxylic acids is 3. The number of ether oxygens (including phenoxy) is 6. The van der Waals surface area contributed by atoms with Gasteiger partial charge in [-0.15, -0.1) is 0 Å². The van der Waals surface area contributed by atoms with Gasteiger partial charge in [0.15, 0.2) is 11.5 Å². The van der Waals surface area contributed by atoms with E-state index in [1.807, 2.05) is 0 Å². The van der Waals surface area contributed by atoms with Crippen molar-refractivity contribution in [3.8, 4) is 23.0 Å². The summed E-state index contributed by atoms with van der Waals surface area (Å²) in [5.74, 6) is 0.651. The highest BCUT2D eigenvalue weighted by molar-refractivity contribution is 5.91. The van der Waals surface area contributed by atoms with Gasteiger partial charge in [0.05, 0.1) is 39.1 Å². The summed E-state index contributed by atoms with van der Waals surface area (Å²) < 4.78 is 31.5. The van der Waals surface area contributed by atoms with Gasteiger partial charge in [-0.1, -0.05) is 6.58 Å². The van der Waals surface area contributed by atoms with Gasteiger partial charge in [0.1, 0.15) is 11.5 Å². The van der Waals surface area contributed by atoms with Gasteiger partial charge in [-0.3, -0.25) is 4.79 Å². The predicted octanol–water partition coefficient (Wildman–Crippen LogP) is 3.35. The Kier molecular flexibility index (Phi) is 10.8. The van der Waals surface area contributed by atoms with Crippen LogP contribution in [0.5, 0.6) is 23.0 Å². The first kappa shape index (κ1) is 25.3. The van der Waals surface area contributed by atoms with Crippen LogP contribution in [0.3, 0.4) is 0 Å². The molecule has 0 saturated carbocycles. The van der Waals surface area contributed by atoms with Crippen LogP contribution in [-0.4, -0.2) is 51.9 Å². The van der Waals surface area contributed by atoms with E-state index in [0.29, 0.717) is 42.3 Å². The second-order valence-corrected chi connectivity index (χ2v) is 6.47. The van der Waals surface area contributed by atoms with Gasteiger partial charge >= 0.3 is 11.9 Å². The minimum atomic E-state index is -0.573. The molecule has 0 radical (unpaired) electrons. The van der Waals surface area contributed by atoms with Crippen molar-refractivity contribution < 1.29 is 42.8 Å². The van der Waals surface area contributed by atoms with Gasteiger partial charge < -0.3 is 28.4 Å². The van der Waals surface area contributed by atoms with Gasteiger partial charge in [-0.2, -0.15) is 0 Å². The number of esters is 2. The fourth-order valence-electron chi connectivity index (χ4n) is 2.52. The molecule has 0 unspecified atom stereocenters. The second kappa shape index (κ2) is 14.1. The lowest BCUT2D eigenvalue weighted by Crippen LogP contribution is -2.11. The molecule has 0 atom stereocenters. The molecule has 2 rings (SSSR count). The summed E-state index contributed by atoms with van der Waals surface area (Å²) in [4.78, 5) is 33.9. The van der Waals surface area contributed by atoms with Crippen molar-refractivity contribution in [2.45, 2.75) is 12.8 Å². The molecule has 0 aliphatic heterocycles. The fourth-order valence-corrected chi connectivity index (χ4v) is 2.52. The molecule has 0 heterocycles. The molecule has 0 N–H and O–H groups in total. The minimum absolute atomic E-state index is 0.156. The molecular weight excluding hydrogens is 432 g/mol. The Morgan fingerprint density at radius 2 is 1.55 bits per heavy atom. The van der Waals surface area contributed by atoms with E-state index >= 15 is 0 Å². The lowest BCUT2D eigenvalue weighted by Gasteiger charge is -2.14. The van der Waals surface area contributed by atoms with Gasteiger partial charge in [0.25, 0.3) is 6.47 Å². The number of carbonyl (C=O) groups is 3. The summed E-state index contributed by atoms with van der Waals surface area (Å²) in [6.07, 6.45) is 1.99. The lowest BCUT2D eigenvalue weighted by molar-refractivity contribution is -0.138. The van der Waals surface area contributed by atoms with E-state index in [9.17, 15) is 14.4 Å². The quantitative estimate of drug-likeness (QED) is 0.131. The zero-order valence-corrected chi connectivity index (χ0v) is 18.3. The van der Waals surface area contributed by atoms with Crippen molar-refractivity contribution in [1.29, 1.82) is 0 Å². The summed E-state index contributed by atoms with van der Waals surface area (Å²) >= 11 is 0. The van der Waals surface area contributed by atoms with Crippen molar-refractivity contribution in [2.24, 2.45) is 0 Å². The first-order valence-corrected chi connectivity index (χ1v) is 10.2. The number of methoxy groups -OCH3 is 1. The molecule has 0 bridgehead atoms. The van der Waals surface area contributed by atoms with Crippen molar-refractivity contribution in [2.75, 3.05) is 33.5 Å². The number of hydrogen-bond acceptors (Lipinski definition) is 9. The third-order valence-corrected chi connectivity index (χ3v) is 4.14. The molecule has 0 aliphatic carbocycles. The summed E-state index contributed by atoms with van der Waals surface area (Å²) in [7, 11) is 1.55. The zero-order valence-electron chi connectivity index (χ0n) is 18.3. The largest absolute Gasteiger partial charge is 0.497 e. The molecule has 0 amide bonds. The van der Waals surface area contributed by atoms with Crippen LogP contribution in [0.4, 0.5) is 0 Å². The molecule has 0 aromatic heterocycles. The molecule has 2 aromatic carbocycles. The number of benzene rings is 2. The smallest absolute Gasteiger partial charge is 0.343 e. The average Bonchev–Trinajstić information content (AvgIpc) is 2.84. The summed E-state index contributed by atoms with van der Waals surface area (Å²) in [6, 6.07) is 11.3. The van der Waals surface area contributed by atoms with E-state index in [0.717, 1.165) is 6.08 Å². The Labute approximate surface area is 191 Å². The second-order valence-electron chi connectivity index (χ2n) is 6.47. The van der Waals surface area contributed by atoms with Crippen LogP contribution in [0.2, 0.25) is 0 Å². The van der Waals surface area contributed by atoms with E-state index in [1.165, 1.54) is 6.07 Å². The molecule has 0 aliphatic rings. The van der Waals surface area contributed by atoms with Crippen molar-refractivity contribution in [3.05, 3.63) is 60.7 Å². The van der Waals surface area contributed by atoms with E-state index in [4.69, 9.17) is 23.7 Å². The lowest BCUT2D eigenvalue weighted by atomic mass is 10.2. The van der Waals surface area contributed by atoms with Crippen molar-refractivity contribution in [3.63, 3.8) is 0 Å². The van der Waals surface area contributed by atoms with Gasteiger partial charge in [-0.05, 0) is 42.5 Å². The highest BCUT2D eigenvalue weighted by atomic mass is 16.5. The van der Waals surface area contributed by atoms with Gasteiger partial charge in [-0.25, -0.2) is 9.59 Å². The Morgan fingerprint density at radius 1 is 0.879 bits per heavy atom. The Balaban J connectivity index is 2.03. The maximum Gasteiger partial charge on any atom is 0.343 e. The van der Waals surface area contributed by atoms with Crippen molar-refractivity contribution in [1.82, 2.24) is 0 Å². The van der Waals surface area contributed by atoms with Crippen LogP contribution in [0.1, 0.15) is 23.2 Å². The zero-order chi connectivity index (χ0) is 23.9. The fraction of sp³-hybridized carbons (Fsp3) is 0.292. The molecule has 0 saturated heterocycles. The van der Waals surface area contributed by atoms with Crippen LogP contribution < -0.4 is 18.9 Å². The summed E-state index contributed by atoms with van der Waals surface area (Å²) in [6.45, 7) is 4.57. The Hall–Kier alpha value is -4.01. The monoisotopic (exact) mass is 458 g/mol. The summed E-state index contributed by atoms with van der Waals surface area (Å²) in [5, 5.41) is 0. The van der Waals surface area contributed by atoms with Crippen LogP contribution in [0, 0.1) is 0 Å². The number of rotatable bonds is 15. The van der Waals surface area contributed by atoms with Crippen LogP contribution >= 0.6 is 0 Å². The third kappa shape index (κ3) is 8.94. The Morgan fingerprint density at radius 3 is 2.21 bits per heavy atom. The first-order valence-electron chi connectivity index (χ1n) is 10.2. The first-order chi connectivity index (χ1) is 16.1. The van der Waals surface area contributed by atoms with Crippen molar-refractivity contribution >= 4 is 18.4 Å². The topological polar surface area (TPSA) is 107 Å². The van der Waals surface area contributed by atoms with Gasteiger partial charge in [0.2, 0.25) is 0 Å². The number of hydrogen-bond donors (Lipinski definition) is 0. The van der Waals surface area contributed by atoms with E-state index in [1.54, 1.807) is 43.5 Å². The maximum atomic E-state index is 12.6. The van der Waals surface area contributed by atoms with Crippen LogP contribution in [0.15, 0.2) is 55.1 Å². The van der Waals surface area contributed by atoms with Crippen LogP contribution in [0.25, 0.3) is 0 Å². The molecule has 33 heavy (non-hydrogen) atoms. The highest BCUT2D eigenvalue weighted by Crippen LogP contribution is 2.29. The molecule has 2 aromatic rings.